The van der Waals surface area contributed by atoms with Gasteiger partial charge in [-0.15, -0.1) is 0 Å². The number of carbonyl (C=O) groups excluding carboxylic acids is 1. The molecule has 2 aliphatic rings. The summed E-state index contributed by atoms with van der Waals surface area (Å²) in [5.74, 6) is 0.976. The van der Waals surface area contributed by atoms with Gasteiger partial charge in [-0.3, -0.25) is 9.69 Å². The van der Waals surface area contributed by atoms with Crippen LogP contribution in [0.15, 0.2) is 42.7 Å². The Morgan fingerprint density at radius 2 is 1.72 bits per heavy atom. The number of para-hydroxylation sites is 1. The Morgan fingerprint density at radius 1 is 1.00 bits per heavy atom. The summed E-state index contributed by atoms with van der Waals surface area (Å²) in [6.07, 6.45) is 4.49. The van der Waals surface area contributed by atoms with Crippen LogP contribution in [0.5, 0.6) is 0 Å². The molecular weight excluding hydrogens is 314 g/mol. The van der Waals surface area contributed by atoms with Gasteiger partial charge in [-0.05, 0) is 31.0 Å². The van der Waals surface area contributed by atoms with Gasteiger partial charge in [0.2, 0.25) is 11.9 Å². The third-order valence-corrected chi connectivity index (χ3v) is 5.21. The fourth-order valence-electron chi connectivity index (χ4n) is 3.71. The minimum Gasteiger partial charge on any atom is -0.338 e. The summed E-state index contributed by atoms with van der Waals surface area (Å²) in [7, 11) is 0. The molecule has 6 heteroatoms. The molecule has 0 aliphatic carbocycles. The number of hydrogen-bond acceptors (Lipinski definition) is 5. The molecule has 0 N–H and O–H groups in total. The molecule has 25 heavy (non-hydrogen) atoms. The largest absolute Gasteiger partial charge is 0.338 e. The molecule has 3 heterocycles. The van der Waals surface area contributed by atoms with E-state index < -0.39 is 0 Å². The van der Waals surface area contributed by atoms with Gasteiger partial charge < -0.3 is 9.80 Å². The summed E-state index contributed by atoms with van der Waals surface area (Å²) < 4.78 is 0. The minimum absolute atomic E-state index is 0.106. The van der Waals surface area contributed by atoms with Crippen LogP contribution in [0.1, 0.15) is 12.5 Å². The van der Waals surface area contributed by atoms with Crippen LogP contribution in [0.3, 0.4) is 0 Å². The van der Waals surface area contributed by atoms with Crippen molar-refractivity contribution in [3.63, 3.8) is 0 Å². The van der Waals surface area contributed by atoms with Gasteiger partial charge in [0.25, 0.3) is 0 Å². The van der Waals surface area contributed by atoms with Gasteiger partial charge in [-0.2, -0.15) is 0 Å². The summed E-state index contributed by atoms with van der Waals surface area (Å²) in [4.78, 5) is 28.0. The lowest BCUT2D eigenvalue weighted by Crippen LogP contribution is -2.54. The van der Waals surface area contributed by atoms with E-state index in [4.69, 9.17) is 0 Å². The summed E-state index contributed by atoms with van der Waals surface area (Å²) in [6.45, 7) is 6.20. The number of piperazine rings is 1. The van der Waals surface area contributed by atoms with Crippen molar-refractivity contribution in [1.82, 2.24) is 14.9 Å². The van der Waals surface area contributed by atoms with Crippen LogP contribution in [0.25, 0.3) is 0 Å². The number of carbonyl (C=O) groups is 1. The second kappa shape index (κ2) is 6.80. The maximum atomic E-state index is 13.0. The molecule has 1 amide bonds. The Balaban J connectivity index is 1.39. The molecule has 6 nitrogen and oxygen atoms in total. The van der Waals surface area contributed by atoms with E-state index >= 15 is 0 Å². The van der Waals surface area contributed by atoms with Crippen LogP contribution in [0.2, 0.25) is 0 Å². The third-order valence-electron chi connectivity index (χ3n) is 5.21. The Labute approximate surface area is 148 Å². The van der Waals surface area contributed by atoms with Crippen LogP contribution in [0, 0.1) is 0 Å². The summed E-state index contributed by atoms with van der Waals surface area (Å²) >= 11 is 0. The van der Waals surface area contributed by atoms with Gasteiger partial charge in [0.15, 0.2) is 0 Å². The lowest BCUT2D eigenvalue weighted by Gasteiger charge is -2.38. The number of hydrogen-bond donors (Lipinski definition) is 0. The molecule has 1 saturated heterocycles. The molecule has 0 saturated carbocycles. The molecule has 1 aromatic heterocycles. The SMILES string of the molecule is CC(C(=O)N1CCc2ccccc21)N1CCN(c2ncccn2)CC1. The highest BCUT2D eigenvalue weighted by Gasteiger charge is 2.32. The van der Waals surface area contributed by atoms with Crippen molar-refractivity contribution in [3.05, 3.63) is 48.3 Å². The van der Waals surface area contributed by atoms with Gasteiger partial charge in [0.05, 0.1) is 6.04 Å². The number of fused-ring (bicyclic) bond motifs is 1. The highest BCUT2D eigenvalue weighted by atomic mass is 16.2. The fraction of sp³-hybridized carbons (Fsp3) is 0.421. The van der Waals surface area contributed by atoms with Gasteiger partial charge >= 0.3 is 0 Å². The van der Waals surface area contributed by atoms with Crippen molar-refractivity contribution < 1.29 is 4.79 Å². The average Bonchev–Trinajstić information content (AvgIpc) is 3.12. The molecule has 2 aromatic rings. The third kappa shape index (κ3) is 3.09. The first-order valence-electron chi connectivity index (χ1n) is 8.89. The van der Waals surface area contributed by atoms with Crippen LogP contribution >= 0.6 is 0 Å². The number of nitrogens with zero attached hydrogens (tertiary/aromatic N) is 5. The molecule has 1 aromatic carbocycles. The van der Waals surface area contributed by atoms with Gasteiger partial charge in [0, 0.05) is 50.8 Å². The Kier molecular flexibility index (Phi) is 4.36. The van der Waals surface area contributed by atoms with Crippen molar-refractivity contribution >= 4 is 17.5 Å². The van der Waals surface area contributed by atoms with Crippen molar-refractivity contribution in [3.8, 4) is 0 Å². The number of benzene rings is 1. The zero-order chi connectivity index (χ0) is 17.2. The second-order valence-electron chi connectivity index (χ2n) is 6.62. The number of rotatable bonds is 3. The van der Waals surface area contributed by atoms with E-state index in [1.54, 1.807) is 12.4 Å². The summed E-state index contributed by atoms with van der Waals surface area (Å²) in [6, 6.07) is 9.94. The van der Waals surface area contributed by atoms with Crippen LogP contribution in [-0.2, 0) is 11.2 Å². The zero-order valence-corrected chi connectivity index (χ0v) is 14.5. The molecule has 0 bridgehead atoms. The predicted molar refractivity (Wildman–Crippen MR) is 97.8 cm³/mol. The molecule has 1 unspecified atom stereocenters. The summed E-state index contributed by atoms with van der Waals surface area (Å²) in [5, 5.41) is 0. The number of anilines is 2. The van der Waals surface area contributed by atoms with E-state index in [-0.39, 0.29) is 11.9 Å². The van der Waals surface area contributed by atoms with E-state index in [0.717, 1.165) is 50.8 Å². The van der Waals surface area contributed by atoms with Crippen LogP contribution in [-0.4, -0.2) is 59.5 Å². The molecule has 130 valence electrons. The Hall–Kier alpha value is -2.47. The molecule has 2 aliphatic heterocycles. The maximum absolute atomic E-state index is 13.0. The molecule has 1 atom stereocenters. The van der Waals surface area contributed by atoms with Crippen molar-refractivity contribution in [2.24, 2.45) is 0 Å². The van der Waals surface area contributed by atoms with Crippen molar-refractivity contribution in [1.29, 1.82) is 0 Å². The smallest absolute Gasteiger partial charge is 0.244 e. The van der Waals surface area contributed by atoms with Gasteiger partial charge in [-0.25, -0.2) is 9.97 Å². The van der Waals surface area contributed by atoms with Crippen LogP contribution in [0.4, 0.5) is 11.6 Å². The normalized spacial score (nSPS) is 18.9. The average molecular weight is 337 g/mol. The highest BCUT2D eigenvalue weighted by Crippen LogP contribution is 2.28. The number of amides is 1. The van der Waals surface area contributed by atoms with E-state index in [2.05, 4.69) is 31.9 Å². The Morgan fingerprint density at radius 3 is 2.48 bits per heavy atom. The van der Waals surface area contributed by atoms with E-state index in [1.807, 2.05) is 30.0 Å². The standard InChI is InChI=1S/C19H23N5O/c1-15(18(25)24-10-7-16-5-2-3-6-17(16)24)22-11-13-23(14-12-22)19-20-8-4-9-21-19/h2-6,8-9,15H,7,10-14H2,1H3. The topological polar surface area (TPSA) is 52.6 Å². The molecule has 0 spiro atoms. The van der Waals surface area contributed by atoms with E-state index in [0.29, 0.717) is 0 Å². The monoisotopic (exact) mass is 337 g/mol. The predicted octanol–water partition coefficient (Wildman–Crippen LogP) is 1.58. The summed E-state index contributed by atoms with van der Waals surface area (Å²) in [5.41, 5.74) is 2.35. The maximum Gasteiger partial charge on any atom is 0.244 e. The first-order chi connectivity index (χ1) is 12.2. The van der Waals surface area contributed by atoms with Crippen LogP contribution < -0.4 is 9.80 Å². The molecular formula is C19H23N5O. The lowest BCUT2D eigenvalue weighted by molar-refractivity contribution is -0.123. The fourth-order valence-corrected chi connectivity index (χ4v) is 3.71. The zero-order valence-electron chi connectivity index (χ0n) is 14.5. The lowest BCUT2D eigenvalue weighted by atomic mass is 10.1. The van der Waals surface area contributed by atoms with Crippen molar-refractivity contribution in [2.75, 3.05) is 42.5 Å². The van der Waals surface area contributed by atoms with Crippen molar-refractivity contribution in [2.45, 2.75) is 19.4 Å². The minimum atomic E-state index is -0.106. The molecule has 1 fully saturated rings. The van der Waals surface area contributed by atoms with Gasteiger partial charge in [-0.1, -0.05) is 18.2 Å². The first kappa shape index (κ1) is 16.0. The quantitative estimate of drug-likeness (QED) is 0.851. The second-order valence-corrected chi connectivity index (χ2v) is 6.62. The van der Waals surface area contributed by atoms with E-state index in [1.165, 1.54) is 5.56 Å². The first-order valence-corrected chi connectivity index (χ1v) is 8.89. The van der Waals surface area contributed by atoms with E-state index in [9.17, 15) is 4.79 Å². The molecule has 4 rings (SSSR count). The molecule has 0 radical (unpaired) electrons. The van der Waals surface area contributed by atoms with Gasteiger partial charge in [0.1, 0.15) is 0 Å². The highest BCUT2D eigenvalue weighted by molar-refractivity contribution is 5.98. The number of aromatic nitrogens is 2. The Bertz CT molecular complexity index is 742.